The maximum atomic E-state index is 11.8. The maximum absolute atomic E-state index is 11.8. The average Bonchev–Trinajstić information content (AvgIpc) is 2.97. The van der Waals surface area contributed by atoms with Gasteiger partial charge < -0.3 is 30.7 Å². The summed E-state index contributed by atoms with van der Waals surface area (Å²) in [7, 11) is 1.63. The van der Waals surface area contributed by atoms with E-state index in [9.17, 15) is 4.79 Å². The molecule has 0 spiro atoms. The van der Waals surface area contributed by atoms with E-state index in [0.717, 1.165) is 34.4 Å². The van der Waals surface area contributed by atoms with Gasteiger partial charge in [0.25, 0.3) is 0 Å². The Labute approximate surface area is 220 Å². The molecule has 0 unspecified atom stereocenters. The van der Waals surface area contributed by atoms with Gasteiger partial charge in [-0.05, 0) is 30.3 Å². The standard InChI is InChI=1S/C28H29N7O3/c1-3-26(36)32-19-9-10-30-24(13-19)22-6-4-5-18-16-31-28(34-27(18)22)33-23-8-7-20(14-25(23)37-2)35-11-12-38-17-21(35)15-29/h3-10,13-14,16,21H,1,11-12,15,17,29H2,2H3,(H,30,32,36)(H,31,33,34)/t21-/m1/s1. The molecule has 0 saturated carbocycles. The van der Waals surface area contributed by atoms with Crippen molar-refractivity contribution in [1.29, 1.82) is 0 Å². The molecule has 0 radical (unpaired) electrons. The van der Waals surface area contributed by atoms with E-state index in [0.29, 0.717) is 42.8 Å². The van der Waals surface area contributed by atoms with Gasteiger partial charge in [-0.25, -0.2) is 9.97 Å². The zero-order valence-electron chi connectivity index (χ0n) is 21.1. The summed E-state index contributed by atoms with van der Waals surface area (Å²) in [6.45, 7) is 6.03. The van der Waals surface area contributed by atoms with Crippen LogP contribution in [-0.4, -0.2) is 60.3 Å². The molecular formula is C28H29N7O3. The fraction of sp³-hybridized carbons (Fsp3) is 0.214. The second-order valence-corrected chi connectivity index (χ2v) is 8.73. The van der Waals surface area contributed by atoms with Crippen molar-refractivity contribution in [2.75, 3.05) is 48.9 Å². The van der Waals surface area contributed by atoms with E-state index in [1.54, 1.807) is 31.6 Å². The Hall–Kier alpha value is -4.54. The number of nitrogens with two attached hydrogens (primary N) is 1. The summed E-state index contributed by atoms with van der Waals surface area (Å²) in [6, 6.07) is 15.4. The molecule has 4 aromatic rings. The van der Waals surface area contributed by atoms with Crippen molar-refractivity contribution in [3.8, 4) is 17.0 Å². The highest BCUT2D eigenvalue weighted by Crippen LogP contribution is 2.34. The first-order valence-corrected chi connectivity index (χ1v) is 12.2. The first-order valence-electron chi connectivity index (χ1n) is 12.2. The van der Waals surface area contributed by atoms with Crippen molar-refractivity contribution in [1.82, 2.24) is 15.0 Å². The number of methoxy groups -OCH3 is 1. The number of amides is 1. The minimum absolute atomic E-state index is 0.117. The zero-order chi connectivity index (χ0) is 26.5. The summed E-state index contributed by atoms with van der Waals surface area (Å²) in [5.74, 6) is 0.786. The van der Waals surface area contributed by atoms with Crippen LogP contribution >= 0.6 is 0 Å². The van der Waals surface area contributed by atoms with Crippen molar-refractivity contribution in [3.63, 3.8) is 0 Å². The van der Waals surface area contributed by atoms with E-state index in [4.69, 9.17) is 20.2 Å². The molecule has 1 atom stereocenters. The van der Waals surface area contributed by atoms with Gasteiger partial charge in [-0.2, -0.15) is 0 Å². The van der Waals surface area contributed by atoms with E-state index in [2.05, 4.69) is 32.1 Å². The Morgan fingerprint density at radius 2 is 2.16 bits per heavy atom. The van der Waals surface area contributed by atoms with Gasteiger partial charge >= 0.3 is 0 Å². The van der Waals surface area contributed by atoms with Crippen LogP contribution in [0.5, 0.6) is 5.75 Å². The molecule has 2 aromatic carbocycles. The highest BCUT2D eigenvalue weighted by Gasteiger charge is 2.23. The molecule has 1 amide bonds. The zero-order valence-corrected chi connectivity index (χ0v) is 21.1. The number of carbonyl (C=O) groups is 1. The molecule has 1 saturated heterocycles. The number of nitrogens with zero attached hydrogens (tertiary/aromatic N) is 4. The molecule has 2 aromatic heterocycles. The second-order valence-electron chi connectivity index (χ2n) is 8.73. The van der Waals surface area contributed by atoms with E-state index >= 15 is 0 Å². The number of carbonyl (C=O) groups excluding carboxylic acids is 1. The fourth-order valence-corrected chi connectivity index (χ4v) is 4.44. The number of fused-ring (bicyclic) bond motifs is 1. The Balaban J connectivity index is 1.46. The number of aromatic nitrogens is 3. The van der Waals surface area contributed by atoms with Crippen molar-refractivity contribution in [2.24, 2.45) is 5.73 Å². The van der Waals surface area contributed by atoms with Gasteiger partial charge in [0.1, 0.15) is 5.75 Å². The summed E-state index contributed by atoms with van der Waals surface area (Å²) in [5.41, 5.74) is 10.5. The first kappa shape index (κ1) is 25.1. The highest BCUT2D eigenvalue weighted by molar-refractivity contribution is 5.99. The van der Waals surface area contributed by atoms with Crippen molar-refractivity contribution in [3.05, 3.63) is 73.6 Å². The molecule has 0 bridgehead atoms. The number of nitrogens with one attached hydrogen (secondary N) is 2. The molecule has 10 heteroatoms. The Morgan fingerprint density at radius 1 is 1.26 bits per heavy atom. The summed E-state index contributed by atoms with van der Waals surface area (Å²) < 4.78 is 11.3. The molecule has 3 heterocycles. The number of para-hydroxylation sites is 1. The smallest absolute Gasteiger partial charge is 0.247 e. The Kier molecular flexibility index (Phi) is 7.43. The average molecular weight is 512 g/mol. The van der Waals surface area contributed by atoms with Crippen LogP contribution in [0.25, 0.3) is 22.2 Å². The third kappa shape index (κ3) is 5.26. The van der Waals surface area contributed by atoms with Gasteiger partial charge in [-0.3, -0.25) is 9.78 Å². The van der Waals surface area contributed by atoms with E-state index in [-0.39, 0.29) is 11.9 Å². The third-order valence-electron chi connectivity index (χ3n) is 6.36. The molecule has 1 aliphatic heterocycles. The molecule has 0 aliphatic carbocycles. The summed E-state index contributed by atoms with van der Waals surface area (Å²) in [4.78, 5) is 27.8. The van der Waals surface area contributed by atoms with E-state index in [1.807, 2.05) is 36.4 Å². The minimum Gasteiger partial charge on any atom is -0.494 e. The summed E-state index contributed by atoms with van der Waals surface area (Å²) in [5, 5.41) is 6.92. The van der Waals surface area contributed by atoms with Crippen LogP contribution in [0.15, 0.2) is 73.6 Å². The quantitative estimate of drug-likeness (QED) is 0.303. The number of morpholine rings is 1. The summed E-state index contributed by atoms with van der Waals surface area (Å²) in [6.07, 6.45) is 4.63. The Morgan fingerprint density at radius 3 is 2.97 bits per heavy atom. The lowest BCUT2D eigenvalue weighted by Gasteiger charge is -2.37. The van der Waals surface area contributed by atoms with Crippen molar-refractivity contribution in [2.45, 2.75) is 6.04 Å². The molecule has 10 nitrogen and oxygen atoms in total. The van der Waals surface area contributed by atoms with Crippen LogP contribution in [0.2, 0.25) is 0 Å². The molecule has 4 N–H and O–H groups in total. The van der Waals surface area contributed by atoms with E-state index < -0.39 is 0 Å². The normalized spacial score (nSPS) is 15.2. The fourth-order valence-electron chi connectivity index (χ4n) is 4.44. The molecular weight excluding hydrogens is 482 g/mol. The molecule has 38 heavy (non-hydrogen) atoms. The van der Waals surface area contributed by atoms with Crippen LogP contribution in [0.1, 0.15) is 0 Å². The number of hydrogen-bond acceptors (Lipinski definition) is 9. The van der Waals surface area contributed by atoms with Crippen LogP contribution in [0.4, 0.5) is 23.0 Å². The monoisotopic (exact) mass is 511 g/mol. The number of anilines is 4. The van der Waals surface area contributed by atoms with Gasteiger partial charge in [0, 0.05) is 53.9 Å². The van der Waals surface area contributed by atoms with Crippen molar-refractivity contribution >= 4 is 39.8 Å². The highest BCUT2D eigenvalue weighted by atomic mass is 16.5. The number of ether oxygens (including phenoxy) is 2. The summed E-state index contributed by atoms with van der Waals surface area (Å²) >= 11 is 0. The van der Waals surface area contributed by atoms with Crippen molar-refractivity contribution < 1.29 is 14.3 Å². The predicted molar refractivity (Wildman–Crippen MR) is 149 cm³/mol. The van der Waals surface area contributed by atoms with Gasteiger partial charge in [0.05, 0.1) is 43.3 Å². The van der Waals surface area contributed by atoms with Gasteiger partial charge in [-0.15, -0.1) is 0 Å². The van der Waals surface area contributed by atoms with Gasteiger partial charge in [-0.1, -0.05) is 24.8 Å². The number of pyridine rings is 1. The van der Waals surface area contributed by atoms with Gasteiger partial charge in [0.15, 0.2) is 0 Å². The SMILES string of the molecule is C=CC(=O)Nc1ccnc(-c2cccc3cnc(Nc4ccc(N5CCOC[C@H]5CN)cc4OC)nc23)c1. The van der Waals surface area contributed by atoms with Crippen LogP contribution in [0, 0.1) is 0 Å². The first-order chi connectivity index (χ1) is 18.6. The van der Waals surface area contributed by atoms with E-state index in [1.165, 1.54) is 6.08 Å². The maximum Gasteiger partial charge on any atom is 0.247 e. The second kappa shape index (κ2) is 11.2. The van der Waals surface area contributed by atoms with Crippen LogP contribution in [-0.2, 0) is 9.53 Å². The van der Waals surface area contributed by atoms with Crippen LogP contribution < -0.4 is 26.0 Å². The lowest BCUT2D eigenvalue weighted by Crippen LogP contribution is -2.49. The number of rotatable bonds is 8. The third-order valence-corrected chi connectivity index (χ3v) is 6.36. The molecule has 1 aliphatic rings. The molecule has 1 fully saturated rings. The number of hydrogen-bond donors (Lipinski definition) is 3. The Bertz CT molecular complexity index is 1480. The molecule has 194 valence electrons. The number of benzene rings is 2. The largest absolute Gasteiger partial charge is 0.494 e. The predicted octanol–water partition coefficient (Wildman–Crippen LogP) is 3.73. The lowest BCUT2D eigenvalue weighted by molar-refractivity contribution is -0.111. The topological polar surface area (TPSA) is 128 Å². The van der Waals surface area contributed by atoms with Gasteiger partial charge in [0.2, 0.25) is 11.9 Å². The van der Waals surface area contributed by atoms with Crippen LogP contribution in [0.3, 0.4) is 0 Å². The minimum atomic E-state index is -0.291. The molecule has 5 rings (SSSR count). The lowest BCUT2D eigenvalue weighted by atomic mass is 10.1.